The fraction of sp³-hybridized carbons (Fsp3) is 0.667. The molecular weight excluding hydrogens is 156 g/mol. The first kappa shape index (κ1) is 11.2. The highest BCUT2D eigenvalue weighted by Crippen LogP contribution is 2.07. The topological polar surface area (TPSA) is 57.5 Å². The molecule has 0 spiro atoms. The Hall–Kier alpha value is -0.830. The molecule has 3 heteroatoms. The Morgan fingerprint density at radius 1 is 1.42 bits per heavy atom. The molecule has 70 valence electrons. The number of carbonyl (C=O) groups is 1. The number of aliphatic hydroxyl groups is 1. The first-order chi connectivity index (χ1) is 5.54. The smallest absolute Gasteiger partial charge is 0.307 e. The van der Waals surface area contributed by atoms with E-state index in [1.165, 1.54) is 0 Å². The van der Waals surface area contributed by atoms with Gasteiger partial charge in [0, 0.05) is 0 Å². The molecule has 2 N–H and O–H groups in total. The maximum absolute atomic E-state index is 10.1. The average molecular weight is 172 g/mol. The van der Waals surface area contributed by atoms with Crippen LogP contribution in [0.25, 0.3) is 0 Å². The highest BCUT2D eigenvalue weighted by atomic mass is 16.4. The monoisotopic (exact) mass is 172 g/mol. The molecule has 0 radical (unpaired) electrons. The fourth-order valence-corrected chi connectivity index (χ4v) is 0.692. The number of carboxylic acid groups (broad SMARTS) is 1. The van der Waals surface area contributed by atoms with E-state index >= 15 is 0 Å². The molecule has 2 atom stereocenters. The fourth-order valence-electron chi connectivity index (χ4n) is 0.692. The van der Waals surface area contributed by atoms with Crippen molar-refractivity contribution in [3.63, 3.8) is 0 Å². The maximum atomic E-state index is 10.1. The van der Waals surface area contributed by atoms with Crippen LogP contribution in [0.2, 0.25) is 0 Å². The van der Waals surface area contributed by atoms with Crippen LogP contribution >= 0.6 is 0 Å². The Morgan fingerprint density at radius 3 is 2.42 bits per heavy atom. The van der Waals surface area contributed by atoms with Crippen LogP contribution in [0, 0.1) is 5.92 Å². The molecule has 0 saturated carbocycles. The lowest BCUT2D eigenvalue weighted by Gasteiger charge is -2.10. The lowest BCUT2D eigenvalue weighted by atomic mass is 10.0. The van der Waals surface area contributed by atoms with Gasteiger partial charge in [0.1, 0.15) is 0 Å². The van der Waals surface area contributed by atoms with Gasteiger partial charge in [0.15, 0.2) is 0 Å². The minimum absolute atomic E-state index is 0.0620. The molecular formula is C9H16O3. The molecule has 0 aliphatic rings. The summed E-state index contributed by atoms with van der Waals surface area (Å²) in [5, 5.41) is 17.4. The van der Waals surface area contributed by atoms with Crippen LogP contribution in [0.15, 0.2) is 12.2 Å². The first-order valence-electron chi connectivity index (χ1n) is 4.09. The van der Waals surface area contributed by atoms with Gasteiger partial charge in [0.2, 0.25) is 0 Å². The zero-order chi connectivity index (χ0) is 9.56. The normalized spacial score (nSPS) is 16.2. The second kappa shape index (κ2) is 5.77. The van der Waals surface area contributed by atoms with E-state index in [9.17, 15) is 4.79 Å². The molecule has 0 fully saturated rings. The average Bonchev–Trinajstić information content (AvgIpc) is 1.97. The van der Waals surface area contributed by atoms with Gasteiger partial charge in [0.25, 0.3) is 0 Å². The van der Waals surface area contributed by atoms with E-state index in [1.807, 2.05) is 6.92 Å². The van der Waals surface area contributed by atoms with Gasteiger partial charge in [-0.25, -0.2) is 0 Å². The number of aliphatic hydroxyl groups excluding tert-OH is 1. The van der Waals surface area contributed by atoms with Gasteiger partial charge in [-0.1, -0.05) is 19.1 Å². The molecule has 0 aromatic rings. The van der Waals surface area contributed by atoms with Crippen LogP contribution in [0.3, 0.4) is 0 Å². The third kappa shape index (κ3) is 5.92. The third-order valence-electron chi connectivity index (χ3n) is 1.79. The van der Waals surface area contributed by atoms with Crippen molar-refractivity contribution in [2.45, 2.75) is 32.8 Å². The Labute approximate surface area is 72.7 Å². The summed E-state index contributed by atoms with van der Waals surface area (Å²) in [7, 11) is 0. The van der Waals surface area contributed by atoms with Crippen LogP contribution in [0.4, 0.5) is 0 Å². The maximum Gasteiger partial charge on any atom is 0.307 e. The molecule has 0 amide bonds. The van der Waals surface area contributed by atoms with Gasteiger partial charge in [-0.05, 0) is 19.3 Å². The lowest BCUT2D eigenvalue weighted by Crippen LogP contribution is -2.11. The van der Waals surface area contributed by atoms with Crippen molar-refractivity contribution < 1.29 is 15.0 Å². The quantitative estimate of drug-likeness (QED) is 0.617. The summed E-state index contributed by atoms with van der Waals surface area (Å²) in [6, 6.07) is 0. The number of carboxylic acids is 1. The lowest BCUT2D eigenvalue weighted by molar-refractivity contribution is -0.136. The molecule has 0 aromatic carbocycles. The highest BCUT2D eigenvalue weighted by Gasteiger charge is 2.05. The van der Waals surface area contributed by atoms with E-state index in [1.54, 1.807) is 19.1 Å². The van der Waals surface area contributed by atoms with Crippen molar-refractivity contribution in [2.75, 3.05) is 0 Å². The zero-order valence-electron chi connectivity index (χ0n) is 7.53. The molecule has 0 saturated heterocycles. The van der Waals surface area contributed by atoms with Crippen LogP contribution in [0.1, 0.15) is 26.7 Å². The number of hydrogen-bond donors (Lipinski definition) is 2. The van der Waals surface area contributed by atoms with Crippen LogP contribution in [0.5, 0.6) is 0 Å². The number of aliphatic carboxylic acids is 1. The standard InChI is InChI=1S/C9H16O3/c1-7(8(2)10)5-3-4-6-9(11)12/h3-4,7-8,10H,5-6H2,1-2H3,(H,11,12)/t7?,8-/m0/s1. The summed E-state index contributed by atoms with van der Waals surface area (Å²) in [5.74, 6) is -0.633. The van der Waals surface area contributed by atoms with Crippen LogP contribution in [-0.4, -0.2) is 22.3 Å². The number of rotatable bonds is 5. The van der Waals surface area contributed by atoms with Crippen molar-refractivity contribution in [1.82, 2.24) is 0 Å². The molecule has 0 aliphatic heterocycles. The number of allylic oxidation sites excluding steroid dienone is 1. The summed E-state index contributed by atoms with van der Waals surface area (Å²) in [6.45, 7) is 3.66. The second-order valence-electron chi connectivity index (χ2n) is 3.02. The Kier molecular flexibility index (Phi) is 5.37. The van der Waals surface area contributed by atoms with Gasteiger partial charge in [-0.2, -0.15) is 0 Å². The predicted octanol–water partition coefficient (Wildman–Crippen LogP) is 1.42. The Balaban J connectivity index is 3.53. The van der Waals surface area contributed by atoms with Crippen molar-refractivity contribution in [3.8, 4) is 0 Å². The van der Waals surface area contributed by atoms with Gasteiger partial charge >= 0.3 is 5.97 Å². The summed E-state index contributed by atoms with van der Waals surface area (Å²) >= 11 is 0. The molecule has 1 unspecified atom stereocenters. The summed E-state index contributed by atoms with van der Waals surface area (Å²) in [4.78, 5) is 10.1. The molecule has 12 heavy (non-hydrogen) atoms. The molecule has 0 bridgehead atoms. The van der Waals surface area contributed by atoms with Crippen LogP contribution < -0.4 is 0 Å². The molecule has 0 aliphatic carbocycles. The minimum Gasteiger partial charge on any atom is -0.481 e. The van der Waals surface area contributed by atoms with Gasteiger partial charge < -0.3 is 10.2 Å². The molecule has 0 heterocycles. The summed E-state index contributed by atoms with van der Waals surface area (Å²) < 4.78 is 0. The van der Waals surface area contributed by atoms with Gasteiger partial charge in [-0.15, -0.1) is 0 Å². The Morgan fingerprint density at radius 2 is 2.00 bits per heavy atom. The largest absolute Gasteiger partial charge is 0.481 e. The summed E-state index contributed by atoms with van der Waals surface area (Å²) in [6.07, 6.45) is 3.86. The van der Waals surface area contributed by atoms with E-state index in [4.69, 9.17) is 10.2 Å². The van der Waals surface area contributed by atoms with E-state index < -0.39 is 5.97 Å². The van der Waals surface area contributed by atoms with Crippen molar-refractivity contribution in [1.29, 1.82) is 0 Å². The van der Waals surface area contributed by atoms with Crippen LogP contribution in [-0.2, 0) is 4.79 Å². The molecule has 3 nitrogen and oxygen atoms in total. The highest BCUT2D eigenvalue weighted by molar-refractivity contribution is 5.68. The van der Waals surface area contributed by atoms with Crippen molar-refractivity contribution >= 4 is 5.97 Å². The molecule has 0 rings (SSSR count). The van der Waals surface area contributed by atoms with Gasteiger partial charge in [0.05, 0.1) is 12.5 Å². The van der Waals surface area contributed by atoms with E-state index in [-0.39, 0.29) is 18.4 Å². The minimum atomic E-state index is -0.823. The van der Waals surface area contributed by atoms with Crippen molar-refractivity contribution in [2.24, 2.45) is 5.92 Å². The summed E-state index contributed by atoms with van der Waals surface area (Å²) in [5.41, 5.74) is 0. The van der Waals surface area contributed by atoms with E-state index in [0.29, 0.717) is 0 Å². The van der Waals surface area contributed by atoms with E-state index in [2.05, 4.69) is 0 Å². The first-order valence-corrected chi connectivity index (χ1v) is 4.09. The van der Waals surface area contributed by atoms with Gasteiger partial charge in [-0.3, -0.25) is 4.79 Å². The van der Waals surface area contributed by atoms with E-state index in [0.717, 1.165) is 6.42 Å². The van der Waals surface area contributed by atoms with Crippen molar-refractivity contribution in [3.05, 3.63) is 12.2 Å². The number of hydrogen-bond acceptors (Lipinski definition) is 2. The predicted molar refractivity (Wildman–Crippen MR) is 46.9 cm³/mol. The Bertz CT molecular complexity index is 161. The third-order valence-corrected chi connectivity index (χ3v) is 1.79. The SMILES string of the molecule is CC(CC=CCC(=O)O)[C@H](C)O. The second-order valence-corrected chi connectivity index (χ2v) is 3.02. The molecule has 0 aromatic heterocycles. The zero-order valence-corrected chi connectivity index (χ0v) is 7.53.